The molecular formula is C26H16IN3O. The van der Waals surface area contributed by atoms with E-state index in [0.717, 1.165) is 38.6 Å². The van der Waals surface area contributed by atoms with Crippen molar-refractivity contribution in [1.82, 2.24) is 9.97 Å². The molecule has 6 rings (SSSR count). The van der Waals surface area contributed by atoms with E-state index in [1.807, 2.05) is 42.5 Å². The van der Waals surface area contributed by atoms with Crippen LogP contribution < -0.4 is 10.5 Å². The number of nitrogens with zero attached hydrogens (tertiary/aromatic N) is 2. The molecule has 6 aromatic rings. The van der Waals surface area contributed by atoms with Crippen LogP contribution in [0.4, 0.5) is 5.69 Å². The van der Waals surface area contributed by atoms with Crippen LogP contribution in [0.5, 0.6) is 11.5 Å². The summed E-state index contributed by atoms with van der Waals surface area (Å²) in [5.74, 6) is 1.44. The van der Waals surface area contributed by atoms with Gasteiger partial charge in [-0.25, -0.2) is 9.97 Å². The molecule has 0 saturated carbocycles. The number of hydrogen-bond donors (Lipinski definition) is 1. The third kappa shape index (κ3) is 3.13. The second-order valence-electron chi connectivity index (χ2n) is 7.48. The molecular weight excluding hydrogens is 497 g/mol. The topological polar surface area (TPSA) is 61.0 Å². The van der Waals surface area contributed by atoms with Gasteiger partial charge in [-0.1, -0.05) is 30.3 Å². The van der Waals surface area contributed by atoms with Crippen molar-refractivity contribution in [3.63, 3.8) is 0 Å². The third-order valence-corrected chi connectivity index (χ3v) is 6.13. The van der Waals surface area contributed by atoms with Gasteiger partial charge in [0.05, 0.1) is 22.1 Å². The maximum atomic E-state index is 6.01. The van der Waals surface area contributed by atoms with Crippen LogP contribution in [-0.4, -0.2) is 9.97 Å². The first kappa shape index (κ1) is 18.3. The Balaban J connectivity index is 1.61. The molecule has 5 heteroatoms. The summed E-state index contributed by atoms with van der Waals surface area (Å²) in [7, 11) is 0. The van der Waals surface area contributed by atoms with E-state index in [-0.39, 0.29) is 0 Å². The van der Waals surface area contributed by atoms with Crippen molar-refractivity contribution in [2.24, 2.45) is 0 Å². The van der Waals surface area contributed by atoms with Crippen molar-refractivity contribution in [2.75, 3.05) is 5.73 Å². The maximum Gasteiger partial charge on any atom is 0.129 e. The minimum atomic E-state index is 0.705. The van der Waals surface area contributed by atoms with Crippen molar-refractivity contribution in [3.05, 3.63) is 88.5 Å². The number of anilines is 1. The number of nitrogen functional groups attached to an aromatic ring is 1. The van der Waals surface area contributed by atoms with E-state index in [2.05, 4.69) is 65.1 Å². The summed E-state index contributed by atoms with van der Waals surface area (Å²) in [6.45, 7) is 0. The van der Waals surface area contributed by atoms with Crippen LogP contribution in [0.25, 0.3) is 43.6 Å². The standard InChI is InChI=1S/C26H16IN3O/c27-15-5-11-20-19-3-1-2-4-21(19)25-26(22(20)13-15)30-24-14-18(10-12-23(24)29-25)31-17-8-6-16(28)7-9-17/h1-14H,28H2. The molecule has 0 bridgehead atoms. The molecule has 0 atom stereocenters. The Morgan fingerprint density at radius 2 is 1.29 bits per heavy atom. The lowest BCUT2D eigenvalue weighted by Crippen LogP contribution is -1.93. The Bertz CT molecular complexity index is 1630. The number of nitrogens with two attached hydrogens (primary N) is 1. The zero-order chi connectivity index (χ0) is 20.9. The highest BCUT2D eigenvalue weighted by molar-refractivity contribution is 14.1. The fraction of sp³-hybridized carbons (Fsp3) is 0. The minimum absolute atomic E-state index is 0.705. The first-order chi connectivity index (χ1) is 15.2. The van der Waals surface area contributed by atoms with Crippen LogP contribution in [0.2, 0.25) is 0 Å². The molecule has 0 radical (unpaired) electrons. The molecule has 0 aliphatic rings. The molecule has 0 fully saturated rings. The SMILES string of the molecule is Nc1ccc(Oc2ccc3nc4c5ccccc5c5ccc(I)cc5c4nc3c2)cc1. The molecule has 5 aromatic carbocycles. The van der Waals surface area contributed by atoms with Crippen molar-refractivity contribution in [3.8, 4) is 11.5 Å². The summed E-state index contributed by atoms with van der Waals surface area (Å²) >= 11 is 2.35. The highest BCUT2D eigenvalue weighted by Gasteiger charge is 2.13. The van der Waals surface area contributed by atoms with E-state index >= 15 is 0 Å². The Hall–Kier alpha value is -3.45. The number of benzene rings is 5. The minimum Gasteiger partial charge on any atom is -0.457 e. The van der Waals surface area contributed by atoms with Gasteiger partial charge in [0.1, 0.15) is 11.5 Å². The van der Waals surface area contributed by atoms with E-state index in [1.165, 1.54) is 14.3 Å². The van der Waals surface area contributed by atoms with E-state index in [9.17, 15) is 0 Å². The zero-order valence-corrected chi connectivity index (χ0v) is 18.5. The number of hydrogen-bond acceptors (Lipinski definition) is 4. The molecule has 31 heavy (non-hydrogen) atoms. The van der Waals surface area contributed by atoms with Gasteiger partial charge in [-0.3, -0.25) is 0 Å². The average molecular weight is 513 g/mol. The molecule has 0 spiro atoms. The predicted octanol–water partition coefficient (Wildman–Crippen LogP) is 7.07. The van der Waals surface area contributed by atoms with Gasteiger partial charge in [0.25, 0.3) is 0 Å². The largest absolute Gasteiger partial charge is 0.457 e. The highest BCUT2D eigenvalue weighted by Crippen LogP contribution is 2.35. The van der Waals surface area contributed by atoms with Crippen molar-refractivity contribution in [1.29, 1.82) is 0 Å². The molecule has 0 amide bonds. The van der Waals surface area contributed by atoms with Crippen LogP contribution >= 0.6 is 22.6 Å². The van der Waals surface area contributed by atoms with Crippen molar-refractivity contribution < 1.29 is 4.74 Å². The quantitative estimate of drug-likeness (QED) is 0.117. The van der Waals surface area contributed by atoms with Gasteiger partial charge in [-0.15, -0.1) is 0 Å². The molecule has 1 heterocycles. The number of fused-ring (bicyclic) bond motifs is 7. The van der Waals surface area contributed by atoms with Crippen molar-refractivity contribution >= 4 is 71.9 Å². The smallest absolute Gasteiger partial charge is 0.129 e. The fourth-order valence-electron chi connectivity index (χ4n) is 4.02. The maximum absolute atomic E-state index is 6.01. The molecule has 4 nitrogen and oxygen atoms in total. The molecule has 0 unspecified atom stereocenters. The Morgan fingerprint density at radius 3 is 2.13 bits per heavy atom. The molecule has 2 N–H and O–H groups in total. The van der Waals surface area contributed by atoms with E-state index < -0.39 is 0 Å². The van der Waals surface area contributed by atoms with Crippen molar-refractivity contribution in [2.45, 2.75) is 0 Å². The van der Waals surface area contributed by atoms with Gasteiger partial charge >= 0.3 is 0 Å². The van der Waals surface area contributed by atoms with Crippen LogP contribution in [0.15, 0.2) is 84.9 Å². The second-order valence-corrected chi connectivity index (χ2v) is 8.72. The van der Waals surface area contributed by atoms with E-state index in [1.54, 1.807) is 0 Å². The summed E-state index contributed by atoms with van der Waals surface area (Å²) in [6.07, 6.45) is 0. The summed E-state index contributed by atoms with van der Waals surface area (Å²) in [5, 5.41) is 4.60. The first-order valence-corrected chi connectivity index (χ1v) is 11.0. The van der Waals surface area contributed by atoms with Crippen LogP contribution in [0.1, 0.15) is 0 Å². The van der Waals surface area contributed by atoms with E-state index in [0.29, 0.717) is 11.4 Å². The van der Waals surface area contributed by atoms with Gasteiger partial charge < -0.3 is 10.5 Å². The number of halogens is 1. The Morgan fingerprint density at radius 1 is 0.613 bits per heavy atom. The zero-order valence-electron chi connectivity index (χ0n) is 16.3. The Labute approximate surface area is 191 Å². The predicted molar refractivity (Wildman–Crippen MR) is 136 cm³/mol. The molecule has 0 saturated heterocycles. The van der Waals surface area contributed by atoms with Gasteiger partial charge in [-0.05, 0) is 81.9 Å². The fourth-order valence-corrected chi connectivity index (χ4v) is 4.51. The van der Waals surface area contributed by atoms with Crippen LogP contribution in [0.3, 0.4) is 0 Å². The number of ether oxygens (including phenoxy) is 1. The van der Waals surface area contributed by atoms with Crippen LogP contribution in [0, 0.1) is 3.57 Å². The summed E-state index contributed by atoms with van der Waals surface area (Å²) in [4.78, 5) is 10.1. The monoisotopic (exact) mass is 513 g/mol. The highest BCUT2D eigenvalue weighted by atomic mass is 127. The number of rotatable bonds is 2. The summed E-state index contributed by atoms with van der Waals surface area (Å²) in [5.41, 5.74) is 9.94. The normalized spacial score (nSPS) is 11.5. The molecule has 0 aliphatic heterocycles. The first-order valence-electron chi connectivity index (χ1n) is 9.91. The van der Waals surface area contributed by atoms with Gasteiger partial charge in [0.15, 0.2) is 0 Å². The Kier molecular flexibility index (Phi) is 4.17. The molecule has 0 aliphatic carbocycles. The molecule has 1 aromatic heterocycles. The number of aromatic nitrogens is 2. The average Bonchev–Trinajstić information content (AvgIpc) is 2.79. The summed E-state index contributed by atoms with van der Waals surface area (Å²) < 4.78 is 7.18. The third-order valence-electron chi connectivity index (χ3n) is 5.46. The van der Waals surface area contributed by atoms with E-state index in [4.69, 9.17) is 20.4 Å². The lowest BCUT2D eigenvalue weighted by atomic mass is 9.99. The van der Waals surface area contributed by atoms with Gasteiger partial charge in [-0.2, -0.15) is 0 Å². The summed E-state index contributed by atoms with van der Waals surface area (Å²) in [6, 6.07) is 28.1. The van der Waals surface area contributed by atoms with Gasteiger partial charge in [0, 0.05) is 26.1 Å². The second kappa shape index (κ2) is 7.06. The van der Waals surface area contributed by atoms with Crippen LogP contribution in [-0.2, 0) is 0 Å². The van der Waals surface area contributed by atoms with Gasteiger partial charge in [0.2, 0.25) is 0 Å². The lowest BCUT2D eigenvalue weighted by Gasteiger charge is -2.11. The lowest BCUT2D eigenvalue weighted by molar-refractivity contribution is 0.483. The molecule has 148 valence electrons.